The summed E-state index contributed by atoms with van der Waals surface area (Å²) in [5.41, 5.74) is 5.40. The Morgan fingerprint density at radius 3 is 2.47 bits per heavy atom. The van der Waals surface area contributed by atoms with E-state index in [-0.39, 0.29) is 0 Å². The van der Waals surface area contributed by atoms with Gasteiger partial charge in [0.05, 0.1) is 5.52 Å². The molecule has 19 heavy (non-hydrogen) atoms. The SMILES string of the molecule is Cc1cc(C)c2c(-c3nc(=S)[nH][nH]3)cc(C)nc2c1. The molecule has 0 saturated carbocycles. The zero-order valence-electron chi connectivity index (χ0n) is 11.0. The lowest BCUT2D eigenvalue weighted by molar-refractivity contribution is 1.08. The molecular weight excluding hydrogens is 256 g/mol. The van der Waals surface area contributed by atoms with Crippen molar-refractivity contribution in [2.75, 3.05) is 0 Å². The number of hydrogen-bond acceptors (Lipinski definition) is 3. The molecular formula is C14H14N4S. The minimum absolute atomic E-state index is 0.461. The lowest BCUT2D eigenvalue weighted by Crippen LogP contribution is -1.93. The van der Waals surface area contributed by atoms with Crippen molar-refractivity contribution in [1.82, 2.24) is 20.2 Å². The Balaban J connectivity index is 2.44. The quantitative estimate of drug-likeness (QED) is 0.664. The van der Waals surface area contributed by atoms with Gasteiger partial charge >= 0.3 is 0 Å². The van der Waals surface area contributed by atoms with Crippen LogP contribution < -0.4 is 0 Å². The van der Waals surface area contributed by atoms with Crippen LogP contribution in [-0.2, 0) is 0 Å². The highest BCUT2D eigenvalue weighted by molar-refractivity contribution is 7.71. The summed E-state index contributed by atoms with van der Waals surface area (Å²) in [6.07, 6.45) is 0. The van der Waals surface area contributed by atoms with Crippen molar-refractivity contribution in [3.8, 4) is 11.4 Å². The molecule has 0 spiro atoms. The van der Waals surface area contributed by atoms with Crippen molar-refractivity contribution in [3.63, 3.8) is 0 Å². The number of rotatable bonds is 1. The van der Waals surface area contributed by atoms with Gasteiger partial charge in [-0.25, -0.2) is 0 Å². The van der Waals surface area contributed by atoms with Crippen molar-refractivity contribution in [2.24, 2.45) is 0 Å². The van der Waals surface area contributed by atoms with Crippen LogP contribution in [0.1, 0.15) is 16.8 Å². The van der Waals surface area contributed by atoms with Crippen LogP contribution in [-0.4, -0.2) is 20.2 Å². The van der Waals surface area contributed by atoms with Crippen molar-refractivity contribution < 1.29 is 0 Å². The molecule has 0 saturated heterocycles. The summed E-state index contributed by atoms with van der Waals surface area (Å²) >= 11 is 5.03. The Morgan fingerprint density at radius 2 is 1.79 bits per heavy atom. The molecule has 0 unspecified atom stereocenters. The van der Waals surface area contributed by atoms with Gasteiger partial charge < -0.3 is 0 Å². The predicted molar refractivity (Wildman–Crippen MR) is 78.7 cm³/mol. The molecule has 3 aromatic rings. The normalized spacial score (nSPS) is 11.1. The monoisotopic (exact) mass is 270 g/mol. The van der Waals surface area contributed by atoms with Gasteiger partial charge in [-0.15, -0.1) is 0 Å². The van der Waals surface area contributed by atoms with E-state index in [2.05, 4.69) is 46.1 Å². The Hall–Kier alpha value is -2.01. The van der Waals surface area contributed by atoms with Crippen LogP contribution in [0, 0.1) is 25.5 Å². The van der Waals surface area contributed by atoms with Gasteiger partial charge in [0.25, 0.3) is 0 Å². The van der Waals surface area contributed by atoms with E-state index in [4.69, 9.17) is 12.2 Å². The molecule has 96 valence electrons. The average Bonchev–Trinajstić information content (AvgIpc) is 2.73. The van der Waals surface area contributed by atoms with Crippen molar-refractivity contribution in [2.45, 2.75) is 20.8 Å². The van der Waals surface area contributed by atoms with Gasteiger partial charge in [0.15, 0.2) is 5.82 Å². The molecule has 0 amide bonds. The fourth-order valence-corrected chi connectivity index (χ4v) is 2.61. The molecule has 0 radical (unpaired) electrons. The van der Waals surface area contributed by atoms with Crippen LogP contribution in [0.2, 0.25) is 0 Å². The first-order valence-electron chi connectivity index (χ1n) is 6.08. The summed E-state index contributed by atoms with van der Waals surface area (Å²) < 4.78 is 0.461. The number of aromatic amines is 2. The van der Waals surface area contributed by atoms with Crippen LogP contribution in [0.4, 0.5) is 0 Å². The molecule has 2 N–H and O–H groups in total. The first kappa shape index (κ1) is 12.0. The van der Waals surface area contributed by atoms with Crippen LogP contribution in [0.3, 0.4) is 0 Å². The van der Waals surface area contributed by atoms with Crippen LogP contribution in [0.15, 0.2) is 18.2 Å². The number of nitrogens with one attached hydrogen (secondary N) is 2. The number of hydrogen-bond donors (Lipinski definition) is 2. The third-order valence-electron chi connectivity index (χ3n) is 3.13. The van der Waals surface area contributed by atoms with Crippen LogP contribution in [0.25, 0.3) is 22.3 Å². The Labute approximate surface area is 115 Å². The van der Waals surface area contributed by atoms with E-state index in [1.165, 1.54) is 11.1 Å². The number of pyridine rings is 1. The number of benzene rings is 1. The zero-order valence-corrected chi connectivity index (χ0v) is 11.9. The number of aromatic nitrogens is 4. The molecule has 0 aliphatic carbocycles. The second-order valence-corrected chi connectivity index (χ2v) is 5.19. The molecule has 0 atom stereocenters. The van der Waals surface area contributed by atoms with Crippen LogP contribution >= 0.6 is 12.2 Å². The summed E-state index contributed by atoms with van der Waals surface area (Å²) in [7, 11) is 0. The minimum Gasteiger partial charge on any atom is -0.282 e. The average molecular weight is 270 g/mol. The van der Waals surface area contributed by atoms with E-state index < -0.39 is 0 Å². The van der Waals surface area contributed by atoms with E-state index in [0.717, 1.165) is 28.0 Å². The lowest BCUT2D eigenvalue weighted by atomic mass is 10.0. The van der Waals surface area contributed by atoms with Crippen molar-refractivity contribution in [1.29, 1.82) is 0 Å². The molecule has 3 rings (SSSR count). The maximum absolute atomic E-state index is 5.03. The first-order valence-corrected chi connectivity index (χ1v) is 6.49. The fraction of sp³-hybridized carbons (Fsp3) is 0.214. The lowest BCUT2D eigenvalue weighted by Gasteiger charge is -2.09. The van der Waals surface area contributed by atoms with Gasteiger partial charge in [0.2, 0.25) is 4.77 Å². The maximum atomic E-state index is 5.03. The Bertz CT molecular complexity index is 824. The molecule has 5 heteroatoms. The smallest absolute Gasteiger partial charge is 0.213 e. The molecule has 0 bridgehead atoms. The molecule has 2 heterocycles. The summed E-state index contributed by atoms with van der Waals surface area (Å²) in [6, 6.07) is 6.29. The predicted octanol–water partition coefficient (Wildman–Crippen LogP) is 3.61. The van der Waals surface area contributed by atoms with Gasteiger partial charge in [-0.05, 0) is 56.2 Å². The second kappa shape index (κ2) is 4.28. The largest absolute Gasteiger partial charge is 0.282 e. The highest BCUT2D eigenvalue weighted by Gasteiger charge is 2.11. The Kier molecular flexibility index (Phi) is 2.71. The Morgan fingerprint density at radius 1 is 1.00 bits per heavy atom. The number of H-pyrrole nitrogens is 2. The third kappa shape index (κ3) is 2.06. The molecule has 2 aromatic heterocycles. The maximum Gasteiger partial charge on any atom is 0.213 e. The minimum atomic E-state index is 0.461. The van der Waals surface area contributed by atoms with Crippen LogP contribution in [0.5, 0.6) is 0 Å². The first-order chi connectivity index (χ1) is 9.04. The summed E-state index contributed by atoms with van der Waals surface area (Å²) in [5.74, 6) is 0.757. The van der Waals surface area contributed by atoms with Gasteiger partial charge in [-0.1, -0.05) is 6.07 Å². The fourth-order valence-electron chi connectivity index (χ4n) is 2.47. The van der Waals surface area contributed by atoms with Gasteiger partial charge in [-0.2, -0.15) is 4.98 Å². The second-order valence-electron chi connectivity index (χ2n) is 4.80. The van der Waals surface area contributed by atoms with E-state index in [1.807, 2.05) is 13.0 Å². The molecule has 0 aliphatic rings. The highest BCUT2D eigenvalue weighted by atomic mass is 32.1. The summed E-state index contributed by atoms with van der Waals surface area (Å²) in [6.45, 7) is 6.16. The highest BCUT2D eigenvalue weighted by Crippen LogP contribution is 2.29. The molecule has 4 nitrogen and oxygen atoms in total. The van der Waals surface area contributed by atoms with E-state index in [1.54, 1.807) is 0 Å². The number of fused-ring (bicyclic) bond motifs is 1. The topological polar surface area (TPSA) is 57.4 Å². The number of aryl methyl sites for hydroxylation is 3. The van der Waals surface area contributed by atoms with Gasteiger partial charge in [-0.3, -0.25) is 15.2 Å². The standard InChI is InChI=1S/C14H14N4S/c1-7-4-8(2)12-10(13-16-14(19)18-17-13)6-9(3)15-11(12)5-7/h4-6H,1-3H3,(H2,16,17,18,19). The van der Waals surface area contributed by atoms with E-state index in [9.17, 15) is 0 Å². The van der Waals surface area contributed by atoms with Gasteiger partial charge in [0, 0.05) is 16.6 Å². The zero-order chi connectivity index (χ0) is 13.6. The van der Waals surface area contributed by atoms with Crippen molar-refractivity contribution in [3.05, 3.63) is 39.8 Å². The van der Waals surface area contributed by atoms with Gasteiger partial charge in [0.1, 0.15) is 0 Å². The van der Waals surface area contributed by atoms with E-state index in [0.29, 0.717) is 4.77 Å². The third-order valence-corrected chi connectivity index (χ3v) is 3.33. The summed E-state index contributed by atoms with van der Waals surface area (Å²) in [4.78, 5) is 8.92. The molecule has 0 aliphatic heterocycles. The number of nitrogens with zero attached hydrogens (tertiary/aromatic N) is 2. The van der Waals surface area contributed by atoms with E-state index >= 15 is 0 Å². The molecule has 0 fully saturated rings. The molecule has 1 aromatic carbocycles. The summed E-state index contributed by atoms with van der Waals surface area (Å²) in [5, 5.41) is 6.97. The van der Waals surface area contributed by atoms with Crippen molar-refractivity contribution >= 4 is 23.1 Å².